The monoisotopic (exact) mass is 446 g/mol. The number of aliphatic hydroxyl groups is 1. The zero-order valence-electron chi connectivity index (χ0n) is 19.2. The van der Waals surface area contributed by atoms with Crippen molar-refractivity contribution in [3.63, 3.8) is 0 Å². The lowest BCUT2D eigenvalue weighted by Crippen LogP contribution is -1.99. The molecule has 0 spiro atoms. The number of hydrogen-bond donors (Lipinski definition) is 1. The maximum Gasteiger partial charge on any atom is 0.124 e. The van der Waals surface area contributed by atoms with Crippen molar-refractivity contribution in [2.24, 2.45) is 0 Å². The Morgan fingerprint density at radius 3 is 1.82 bits per heavy atom. The summed E-state index contributed by atoms with van der Waals surface area (Å²) in [4.78, 5) is 0. The van der Waals surface area contributed by atoms with Crippen LogP contribution in [0, 0.1) is 0 Å². The summed E-state index contributed by atoms with van der Waals surface area (Å²) in [5.74, 6) is 1.59. The first-order chi connectivity index (χ1) is 16.3. The van der Waals surface area contributed by atoms with Crippen molar-refractivity contribution >= 4 is 6.08 Å². The summed E-state index contributed by atoms with van der Waals surface area (Å²) in [6.45, 7) is 2.60. The van der Waals surface area contributed by atoms with E-state index in [1.165, 1.54) is 0 Å². The number of aliphatic hydroxyl groups excluding tert-OH is 1. The Labute approximate surface area is 197 Å². The Morgan fingerprint density at radius 1 is 0.667 bits per heavy atom. The van der Waals surface area contributed by atoms with E-state index in [1.54, 1.807) is 0 Å². The highest BCUT2D eigenvalue weighted by Gasteiger charge is 2.04. The smallest absolute Gasteiger partial charge is 0.124 e. The summed E-state index contributed by atoms with van der Waals surface area (Å²) in [5.41, 5.74) is 3.32. The Balaban J connectivity index is 1.57. The van der Waals surface area contributed by atoms with Gasteiger partial charge in [0.05, 0.1) is 0 Å². The Bertz CT molecular complexity index is 877. The van der Waals surface area contributed by atoms with E-state index < -0.39 is 0 Å². The fraction of sp³-hybridized carbons (Fsp3) is 0.310. The lowest BCUT2D eigenvalue weighted by Gasteiger charge is -2.12. The van der Waals surface area contributed by atoms with Crippen LogP contribution in [0.1, 0.15) is 42.4 Å². The van der Waals surface area contributed by atoms with E-state index in [4.69, 9.17) is 19.3 Å². The molecular weight excluding hydrogens is 412 g/mol. The van der Waals surface area contributed by atoms with E-state index in [-0.39, 0.29) is 6.61 Å². The highest BCUT2D eigenvalue weighted by atomic mass is 16.5. The molecule has 3 rings (SSSR count). The first kappa shape index (κ1) is 24.6. The third-order valence-electron chi connectivity index (χ3n) is 5.07. The van der Waals surface area contributed by atoms with Crippen LogP contribution in [0.25, 0.3) is 6.08 Å². The zero-order valence-corrected chi connectivity index (χ0v) is 19.2. The molecule has 0 aliphatic heterocycles. The van der Waals surface area contributed by atoms with Gasteiger partial charge >= 0.3 is 0 Å². The number of unbranched alkanes of at least 4 members (excludes halogenated alkanes) is 2. The van der Waals surface area contributed by atoms with Crippen LogP contribution in [0.4, 0.5) is 0 Å². The second-order valence-electron chi connectivity index (χ2n) is 7.87. The highest BCUT2D eigenvalue weighted by Crippen LogP contribution is 2.26. The van der Waals surface area contributed by atoms with Crippen molar-refractivity contribution in [2.45, 2.75) is 38.9 Å². The van der Waals surface area contributed by atoms with Crippen molar-refractivity contribution in [3.8, 4) is 11.5 Å². The van der Waals surface area contributed by atoms with Gasteiger partial charge in [-0.1, -0.05) is 72.8 Å². The van der Waals surface area contributed by atoms with Crippen molar-refractivity contribution in [1.82, 2.24) is 0 Å². The molecule has 33 heavy (non-hydrogen) atoms. The minimum Gasteiger partial charge on any atom is -0.489 e. The molecule has 174 valence electrons. The Hall–Kier alpha value is -3.08. The molecule has 0 unspecified atom stereocenters. The average Bonchev–Trinajstić information content (AvgIpc) is 2.86. The van der Waals surface area contributed by atoms with Gasteiger partial charge in [0.1, 0.15) is 24.7 Å². The number of rotatable bonds is 15. The zero-order chi connectivity index (χ0) is 23.0. The molecule has 1 N–H and O–H groups in total. The van der Waals surface area contributed by atoms with Crippen LogP contribution in [-0.4, -0.2) is 24.9 Å². The second-order valence-corrected chi connectivity index (χ2v) is 7.87. The van der Waals surface area contributed by atoms with Gasteiger partial charge in [-0.05, 0) is 54.5 Å². The van der Waals surface area contributed by atoms with E-state index in [2.05, 4.69) is 36.4 Å². The van der Waals surface area contributed by atoms with Gasteiger partial charge in [-0.25, -0.2) is 0 Å². The lowest BCUT2D eigenvalue weighted by atomic mass is 10.1. The molecule has 0 fully saturated rings. The van der Waals surface area contributed by atoms with Crippen LogP contribution in [0.3, 0.4) is 0 Å². The summed E-state index contributed by atoms with van der Waals surface area (Å²) < 4.78 is 17.6. The van der Waals surface area contributed by atoms with Gasteiger partial charge in [0, 0.05) is 25.9 Å². The Morgan fingerprint density at radius 2 is 1.24 bits per heavy atom. The number of benzene rings is 3. The van der Waals surface area contributed by atoms with Crippen molar-refractivity contribution in [1.29, 1.82) is 0 Å². The van der Waals surface area contributed by atoms with Gasteiger partial charge in [0.2, 0.25) is 0 Å². The predicted molar refractivity (Wildman–Crippen MR) is 133 cm³/mol. The fourth-order valence-electron chi connectivity index (χ4n) is 3.29. The third-order valence-corrected chi connectivity index (χ3v) is 5.07. The molecule has 0 amide bonds. The third kappa shape index (κ3) is 9.94. The van der Waals surface area contributed by atoms with E-state index in [1.807, 2.05) is 54.6 Å². The molecule has 4 nitrogen and oxygen atoms in total. The van der Waals surface area contributed by atoms with Crippen molar-refractivity contribution < 1.29 is 19.3 Å². The maximum absolute atomic E-state index is 8.76. The van der Waals surface area contributed by atoms with Crippen molar-refractivity contribution in [2.75, 3.05) is 19.8 Å². The molecule has 3 aromatic rings. The molecule has 0 aromatic heterocycles. The van der Waals surface area contributed by atoms with Crippen LogP contribution in [0.2, 0.25) is 0 Å². The molecule has 3 aromatic carbocycles. The maximum atomic E-state index is 8.76. The molecule has 0 radical (unpaired) electrons. The second kappa shape index (κ2) is 14.9. The van der Waals surface area contributed by atoms with Crippen LogP contribution in [0.5, 0.6) is 11.5 Å². The van der Waals surface area contributed by atoms with Crippen LogP contribution >= 0.6 is 0 Å². The van der Waals surface area contributed by atoms with Gasteiger partial charge in [0.25, 0.3) is 0 Å². The van der Waals surface area contributed by atoms with E-state index in [0.717, 1.165) is 54.1 Å². The quantitative estimate of drug-likeness (QED) is 0.273. The first-order valence-corrected chi connectivity index (χ1v) is 11.7. The minimum atomic E-state index is 0.188. The van der Waals surface area contributed by atoms with E-state index in [9.17, 15) is 0 Å². The summed E-state index contributed by atoms with van der Waals surface area (Å²) in [6, 6.07) is 26.4. The van der Waals surface area contributed by atoms with Crippen molar-refractivity contribution in [3.05, 3.63) is 102 Å². The van der Waals surface area contributed by atoms with E-state index in [0.29, 0.717) is 26.2 Å². The van der Waals surface area contributed by atoms with Gasteiger partial charge in [-0.2, -0.15) is 0 Å². The fourth-order valence-corrected chi connectivity index (χ4v) is 3.29. The van der Waals surface area contributed by atoms with Gasteiger partial charge in [0.15, 0.2) is 0 Å². The Kier molecular flexibility index (Phi) is 11.1. The summed E-state index contributed by atoms with van der Waals surface area (Å²) in [7, 11) is 0. The highest BCUT2D eigenvalue weighted by molar-refractivity contribution is 5.55. The largest absolute Gasteiger partial charge is 0.489 e. The molecule has 0 saturated heterocycles. The molecule has 4 heteroatoms. The number of allylic oxidation sites excluding steroid dienone is 1. The molecule has 0 heterocycles. The first-order valence-electron chi connectivity index (χ1n) is 11.7. The molecule has 0 bridgehead atoms. The topological polar surface area (TPSA) is 47.9 Å². The minimum absolute atomic E-state index is 0.188. The predicted octanol–water partition coefficient (Wildman–Crippen LogP) is 6.43. The van der Waals surface area contributed by atoms with Gasteiger partial charge < -0.3 is 19.3 Å². The summed E-state index contributed by atoms with van der Waals surface area (Å²) in [6.07, 6.45) is 8.08. The number of hydrogen-bond acceptors (Lipinski definition) is 4. The van der Waals surface area contributed by atoms with Gasteiger partial charge in [-0.3, -0.25) is 0 Å². The SMILES string of the molecule is OCCCOCCCCC=Cc1cc(OCc2ccccc2)cc(OCc2ccccc2)c1. The lowest BCUT2D eigenvalue weighted by molar-refractivity contribution is 0.113. The standard InChI is InChI=1S/C29H34O4/c30-17-11-19-31-18-10-2-1-5-16-27-20-28(32-23-25-12-6-3-7-13-25)22-29(21-27)33-24-26-14-8-4-9-15-26/h3-9,12-16,20-22,30H,1-2,10-11,17-19,23-24H2. The molecule has 0 aliphatic carbocycles. The average molecular weight is 447 g/mol. The normalized spacial score (nSPS) is 11.1. The molecule has 0 atom stereocenters. The summed E-state index contributed by atoms with van der Waals surface area (Å²) >= 11 is 0. The molecular formula is C29H34O4. The summed E-state index contributed by atoms with van der Waals surface area (Å²) in [5, 5.41) is 8.76. The molecule has 0 saturated carbocycles. The van der Waals surface area contributed by atoms with Crippen LogP contribution in [0.15, 0.2) is 84.9 Å². The van der Waals surface area contributed by atoms with E-state index >= 15 is 0 Å². The number of ether oxygens (including phenoxy) is 3. The van der Waals surface area contributed by atoms with Crippen LogP contribution < -0.4 is 9.47 Å². The van der Waals surface area contributed by atoms with Crippen LogP contribution in [-0.2, 0) is 18.0 Å². The molecule has 0 aliphatic rings. The van der Waals surface area contributed by atoms with Gasteiger partial charge in [-0.15, -0.1) is 0 Å².